The van der Waals surface area contributed by atoms with Crippen molar-refractivity contribution in [2.75, 3.05) is 18.9 Å². The highest BCUT2D eigenvalue weighted by Gasteiger charge is 2.22. The molecule has 1 aliphatic rings. The van der Waals surface area contributed by atoms with Gasteiger partial charge in [0, 0.05) is 37.4 Å². The van der Waals surface area contributed by atoms with Gasteiger partial charge in [-0.05, 0) is 19.8 Å². The molecular weight excluding hydrogens is 178 g/mol. The molecule has 2 heterocycles. The fourth-order valence-corrected chi connectivity index (χ4v) is 2.21. The van der Waals surface area contributed by atoms with Crippen molar-refractivity contribution in [3.63, 3.8) is 0 Å². The summed E-state index contributed by atoms with van der Waals surface area (Å²) in [6, 6.07) is 0. The van der Waals surface area contributed by atoms with Crippen molar-refractivity contribution in [3.8, 4) is 0 Å². The van der Waals surface area contributed by atoms with E-state index in [2.05, 4.69) is 5.10 Å². The summed E-state index contributed by atoms with van der Waals surface area (Å²) >= 11 is 0. The molecule has 1 aliphatic heterocycles. The van der Waals surface area contributed by atoms with Gasteiger partial charge >= 0.3 is 0 Å². The van der Waals surface area contributed by atoms with Crippen LogP contribution in [0.4, 0.5) is 5.82 Å². The number of hydrogen-bond acceptors (Lipinski definition) is 3. The van der Waals surface area contributed by atoms with E-state index in [0.717, 1.165) is 31.6 Å². The van der Waals surface area contributed by atoms with E-state index in [0.29, 0.717) is 11.7 Å². The Labute approximate surface area is 84.0 Å². The third-order valence-corrected chi connectivity index (χ3v) is 2.98. The van der Waals surface area contributed by atoms with Crippen LogP contribution in [0.1, 0.15) is 30.0 Å². The zero-order valence-electron chi connectivity index (χ0n) is 8.79. The minimum Gasteiger partial charge on any atom is -0.382 e. The summed E-state index contributed by atoms with van der Waals surface area (Å²) in [6.45, 7) is 3.76. The minimum absolute atomic E-state index is 0.568. The van der Waals surface area contributed by atoms with Gasteiger partial charge in [-0.3, -0.25) is 4.68 Å². The van der Waals surface area contributed by atoms with E-state index >= 15 is 0 Å². The van der Waals surface area contributed by atoms with Gasteiger partial charge < -0.3 is 10.5 Å². The zero-order chi connectivity index (χ0) is 10.1. The molecule has 0 saturated carbocycles. The fourth-order valence-electron chi connectivity index (χ4n) is 2.21. The monoisotopic (exact) mass is 195 g/mol. The van der Waals surface area contributed by atoms with Crippen LogP contribution in [0.15, 0.2) is 0 Å². The van der Waals surface area contributed by atoms with E-state index in [1.54, 1.807) is 0 Å². The van der Waals surface area contributed by atoms with Crippen LogP contribution in [-0.4, -0.2) is 23.0 Å². The summed E-state index contributed by atoms with van der Waals surface area (Å²) in [5, 5.41) is 4.24. The third-order valence-electron chi connectivity index (χ3n) is 2.98. The van der Waals surface area contributed by atoms with Gasteiger partial charge in [-0.15, -0.1) is 0 Å². The van der Waals surface area contributed by atoms with Crippen molar-refractivity contribution in [3.05, 3.63) is 11.3 Å². The van der Waals surface area contributed by atoms with E-state index in [-0.39, 0.29) is 0 Å². The second-order valence-corrected chi connectivity index (χ2v) is 3.91. The molecule has 0 unspecified atom stereocenters. The lowest BCUT2D eigenvalue weighted by molar-refractivity contribution is 0.0836. The van der Waals surface area contributed by atoms with Crippen molar-refractivity contribution in [2.24, 2.45) is 7.05 Å². The Morgan fingerprint density at radius 2 is 2.07 bits per heavy atom. The second-order valence-electron chi connectivity index (χ2n) is 3.91. The molecule has 4 nitrogen and oxygen atoms in total. The first-order valence-electron chi connectivity index (χ1n) is 5.07. The molecule has 0 amide bonds. The molecule has 0 spiro atoms. The van der Waals surface area contributed by atoms with Gasteiger partial charge in [-0.25, -0.2) is 0 Å². The lowest BCUT2D eigenvalue weighted by Gasteiger charge is -2.22. The van der Waals surface area contributed by atoms with E-state index in [4.69, 9.17) is 10.5 Å². The van der Waals surface area contributed by atoms with Gasteiger partial charge in [0.2, 0.25) is 0 Å². The average Bonchev–Trinajstić information content (AvgIpc) is 2.43. The van der Waals surface area contributed by atoms with Crippen LogP contribution in [-0.2, 0) is 11.8 Å². The fraction of sp³-hybridized carbons (Fsp3) is 0.700. The van der Waals surface area contributed by atoms with Crippen LogP contribution >= 0.6 is 0 Å². The highest BCUT2D eigenvalue weighted by Crippen LogP contribution is 2.30. The van der Waals surface area contributed by atoms with Crippen LogP contribution < -0.4 is 5.73 Å². The largest absolute Gasteiger partial charge is 0.382 e. The number of nitrogens with two attached hydrogens (primary N) is 1. The number of aromatic nitrogens is 2. The minimum atomic E-state index is 0.568. The molecule has 0 atom stereocenters. The number of nitrogen functional groups attached to an aromatic ring is 1. The van der Waals surface area contributed by atoms with Gasteiger partial charge in [0.15, 0.2) is 0 Å². The maximum Gasteiger partial charge on any atom is 0.148 e. The molecule has 1 aromatic heterocycles. The summed E-state index contributed by atoms with van der Waals surface area (Å²) in [7, 11) is 1.97. The molecule has 0 aliphatic carbocycles. The molecule has 0 radical (unpaired) electrons. The smallest absolute Gasteiger partial charge is 0.148 e. The summed E-state index contributed by atoms with van der Waals surface area (Å²) in [5.74, 6) is 1.23. The molecule has 78 valence electrons. The SMILES string of the molecule is Cc1c(N)nn(C)c1C1CCOCC1. The number of ether oxygens (including phenoxy) is 1. The summed E-state index contributed by atoms with van der Waals surface area (Å²) in [6.07, 6.45) is 2.17. The molecular formula is C10H17N3O. The molecule has 2 N–H and O–H groups in total. The maximum atomic E-state index is 5.78. The number of nitrogens with zero attached hydrogens (tertiary/aromatic N) is 2. The maximum absolute atomic E-state index is 5.78. The highest BCUT2D eigenvalue weighted by atomic mass is 16.5. The van der Waals surface area contributed by atoms with Crippen LogP contribution in [0.3, 0.4) is 0 Å². The van der Waals surface area contributed by atoms with Crippen LogP contribution in [0.2, 0.25) is 0 Å². The standard InChI is InChI=1S/C10H17N3O/c1-7-9(13(2)12-10(7)11)8-3-5-14-6-4-8/h8H,3-6H2,1-2H3,(H2,11,12). The third kappa shape index (κ3) is 1.50. The second kappa shape index (κ2) is 3.61. The molecule has 0 bridgehead atoms. The first kappa shape index (κ1) is 9.52. The van der Waals surface area contributed by atoms with E-state index in [1.165, 1.54) is 5.69 Å². The highest BCUT2D eigenvalue weighted by molar-refractivity contribution is 5.42. The van der Waals surface area contributed by atoms with Crippen molar-refractivity contribution in [1.82, 2.24) is 9.78 Å². The van der Waals surface area contributed by atoms with Crippen LogP contribution in [0.25, 0.3) is 0 Å². The number of aryl methyl sites for hydroxylation is 1. The Morgan fingerprint density at radius 3 is 2.57 bits per heavy atom. The lowest BCUT2D eigenvalue weighted by atomic mass is 9.94. The van der Waals surface area contributed by atoms with Gasteiger partial charge in [-0.1, -0.05) is 0 Å². The average molecular weight is 195 g/mol. The van der Waals surface area contributed by atoms with E-state index < -0.39 is 0 Å². The topological polar surface area (TPSA) is 53.1 Å². The molecule has 1 saturated heterocycles. The van der Waals surface area contributed by atoms with Crippen molar-refractivity contribution < 1.29 is 4.74 Å². The molecule has 1 aromatic rings. The molecule has 2 rings (SSSR count). The molecule has 1 fully saturated rings. The Morgan fingerprint density at radius 1 is 1.43 bits per heavy atom. The predicted molar refractivity (Wildman–Crippen MR) is 55.2 cm³/mol. The zero-order valence-corrected chi connectivity index (χ0v) is 8.79. The number of hydrogen-bond donors (Lipinski definition) is 1. The quantitative estimate of drug-likeness (QED) is 0.732. The Bertz CT molecular complexity index is 326. The van der Waals surface area contributed by atoms with Gasteiger partial charge in [-0.2, -0.15) is 5.10 Å². The Kier molecular flexibility index (Phi) is 2.46. The van der Waals surface area contributed by atoms with Crippen molar-refractivity contribution in [2.45, 2.75) is 25.7 Å². The predicted octanol–water partition coefficient (Wildman–Crippen LogP) is 1.20. The van der Waals surface area contributed by atoms with Crippen molar-refractivity contribution >= 4 is 5.82 Å². The summed E-state index contributed by atoms with van der Waals surface area (Å²) < 4.78 is 7.26. The van der Waals surface area contributed by atoms with Gasteiger partial charge in [0.1, 0.15) is 5.82 Å². The van der Waals surface area contributed by atoms with Gasteiger partial charge in [0.05, 0.1) is 0 Å². The van der Waals surface area contributed by atoms with Crippen LogP contribution in [0, 0.1) is 6.92 Å². The Hall–Kier alpha value is -1.03. The van der Waals surface area contributed by atoms with E-state index in [9.17, 15) is 0 Å². The van der Waals surface area contributed by atoms with Crippen LogP contribution in [0.5, 0.6) is 0 Å². The lowest BCUT2D eigenvalue weighted by Crippen LogP contribution is -2.17. The molecule has 14 heavy (non-hydrogen) atoms. The summed E-state index contributed by atoms with van der Waals surface area (Å²) in [4.78, 5) is 0. The normalized spacial score (nSPS) is 18.7. The number of rotatable bonds is 1. The first-order valence-corrected chi connectivity index (χ1v) is 5.07. The Balaban J connectivity index is 2.29. The molecule has 4 heteroatoms. The molecule has 0 aromatic carbocycles. The first-order chi connectivity index (χ1) is 6.70. The van der Waals surface area contributed by atoms with E-state index in [1.807, 2.05) is 18.7 Å². The van der Waals surface area contributed by atoms with Gasteiger partial charge in [0.25, 0.3) is 0 Å². The number of anilines is 1. The summed E-state index contributed by atoms with van der Waals surface area (Å²) in [5.41, 5.74) is 8.21. The van der Waals surface area contributed by atoms with Crippen molar-refractivity contribution in [1.29, 1.82) is 0 Å².